The maximum atomic E-state index is 12.9. The number of carboxylic acids is 1. The number of benzene rings is 5. The van der Waals surface area contributed by atoms with Gasteiger partial charge in [-0.15, -0.1) is 0 Å². The molecule has 2 N–H and O–H groups in total. The molecular formula is C43H45NO5S. The first kappa shape index (κ1) is 34.8. The highest BCUT2D eigenvalue weighted by Gasteiger charge is 2.40. The highest BCUT2D eigenvalue weighted by molar-refractivity contribution is 8.34. The third kappa shape index (κ3) is 7.15. The molecule has 0 fully saturated rings. The molecule has 1 atom stereocenters. The van der Waals surface area contributed by atoms with Crippen LogP contribution in [0, 0.1) is 6.92 Å². The molecule has 0 bridgehead atoms. The molecule has 0 saturated carbocycles. The molecule has 258 valence electrons. The lowest BCUT2D eigenvalue weighted by Gasteiger charge is -2.51. The Balaban J connectivity index is 1.10. The van der Waals surface area contributed by atoms with Crippen LogP contribution in [-0.2, 0) is 16.0 Å². The third-order valence-corrected chi connectivity index (χ3v) is 14.6. The number of rotatable bonds is 12. The zero-order chi connectivity index (χ0) is 35.3. The van der Waals surface area contributed by atoms with Crippen molar-refractivity contribution in [1.82, 2.24) is 5.32 Å². The fourth-order valence-corrected chi connectivity index (χ4v) is 11.5. The zero-order valence-corrected chi connectivity index (χ0v) is 29.9. The zero-order valence-electron chi connectivity index (χ0n) is 29.1. The summed E-state index contributed by atoms with van der Waals surface area (Å²) in [5, 5.41) is 12.6. The number of amides is 1. The molecule has 5 aromatic rings. The van der Waals surface area contributed by atoms with Crippen LogP contribution in [-0.4, -0.2) is 46.9 Å². The maximum Gasteiger partial charge on any atom is 0.407 e. The van der Waals surface area contributed by atoms with Crippen LogP contribution in [0.25, 0.3) is 11.1 Å². The predicted molar refractivity (Wildman–Crippen MR) is 202 cm³/mol. The van der Waals surface area contributed by atoms with E-state index in [1.165, 1.54) is 9.79 Å². The summed E-state index contributed by atoms with van der Waals surface area (Å²) in [6, 6.07) is 42.3. The number of aryl methyl sites for hydroxylation is 1. The Morgan fingerprint density at radius 3 is 1.84 bits per heavy atom. The van der Waals surface area contributed by atoms with E-state index in [0.717, 1.165) is 44.9 Å². The average molecular weight is 688 g/mol. The molecule has 0 unspecified atom stereocenters. The van der Waals surface area contributed by atoms with Crippen molar-refractivity contribution in [1.29, 1.82) is 0 Å². The molecule has 1 aliphatic carbocycles. The van der Waals surface area contributed by atoms with Crippen molar-refractivity contribution in [3.63, 3.8) is 0 Å². The van der Waals surface area contributed by atoms with Crippen LogP contribution >= 0.6 is 10.0 Å². The second kappa shape index (κ2) is 14.9. The lowest BCUT2D eigenvalue weighted by Crippen LogP contribution is -2.42. The molecule has 5 aromatic carbocycles. The highest BCUT2D eigenvalue weighted by atomic mass is 32.3. The van der Waals surface area contributed by atoms with E-state index < -0.39 is 28.1 Å². The molecule has 50 heavy (non-hydrogen) atoms. The number of carbonyl (C=O) groups is 2. The van der Waals surface area contributed by atoms with Crippen molar-refractivity contribution in [2.45, 2.75) is 60.6 Å². The summed E-state index contributed by atoms with van der Waals surface area (Å²) in [5.74, 6) is 0.368. The predicted octanol–water partition coefficient (Wildman–Crippen LogP) is 9.63. The summed E-state index contributed by atoms with van der Waals surface area (Å²) >= 11 is 0. The van der Waals surface area contributed by atoms with Gasteiger partial charge in [0.15, 0.2) is 0 Å². The minimum atomic E-state index is -1.48. The summed E-state index contributed by atoms with van der Waals surface area (Å²) in [6.07, 6.45) is -0.641. The van der Waals surface area contributed by atoms with Gasteiger partial charge in [-0.1, -0.05) is 118 Å². The first-order valence-electron chi connectivity index (χ1n) is 17.1. The minimum absolute atomic E-state index is 0.0238. The average Bonchev–Trinajstić information content (AvgIpc) is 3.43. The van der Waals surface area contributed by atoms with Crippen LogP contribution < -0.4 is 10.1 Å². The van der Waals surface area contributed by atoms with Crippen LogP contribution in [0.4, 0.5) is 4.79 Å². The van der Waals surface area contributed by atoms with Crippen LogP contribution in [0.3, 0.4) is 0 Å². The number of nitrogens with one attached hydrogen (secondary N) is 1. The third-order valence-electron chi connectivity index (χ3n) is 9.60. The van der Waals surface area contributed by atoms with Crippen molar-refractivity contribution in [2.24, 2.45) is 0 Å². The normalized spacial score (nSPS) is 13.5. The van der Waals surface area contributed by atoms with Crippen molar-refractivity contribution >= 4 is 22.1 Å². The van der Waals surface area contributed by atoms with Crippen molar-refractivity contribution in [3.8, 4) is 16.9 Å². The number of carboxylic acid groups (broad SMARTS) is 1. The van der Waals surface area contributed by atoms with Gasteiger partial charge in [0.2, 0.25) is 0 Å². The summed E-state index contributed by atoms with van der Waals surface area (Å²) in [7, 11) is -1.48. The van der Waals surface area contributed by atoms with Crippen LogP contribution in [0.15, 0.2) is 137 Å². The molecule has 0 aliphatic heterocycles. The number of carbonyl (C=O) groups excluding carboxylic acids is 1. The number of ether oxygens (including phenoxy) is 2. The Kier molecular flexibility index (Phi) is 10.3. The quantitative estimate of drug-likeness (QED) is 0.136. The summed E-state index contributed by atoms with van der Waals surface area (Å²) < 4.78 is 12.1. The van der Waals surface area contributed by atoms with Crippen molar-refractivity contribution in [2.75, 3.05) is 19.0 Å². The molecular weight excluding hydrogens is 643 g/mol. The number of fused-ring (bicyclic) bond motifs is 3. The molecule has 0 heterocycles. The first-order chi connectivity index (χ1) is 24.1. The van der Waals surface area contributed by atoms with Gasteiger partial charge in [-0.3, -0.25) is 0 Å². The Morgan fingerprint density at radius 1 is 0.780 bits per heavy atom. The lowest BCUT2D eigenvalue weighted by atomic mass is 9.98. The van der Waals surface area contributed by atoms with Gasteiger partial charge in [-0.25, -0.2) is 9.59 Å². The molecule has 0 saturated heterocycles. The second-order valence-electron chi connectivity index (χ2n) is 13.7. The molecule has 0 spiro atoms. The molecule has 0 aromatic heterocycles. The minimum Gasteiger partial charge on any atom is -0.492 e. The number of hydrogen-bond acceptors (Lipinski definition) is 4. The van der Waals surface area contributed by atoms with E-state index >= 15 is 0 Å². The second-order valence-corrected chi connectivity index (χ2v) is 17.7. The summed E-state index contributed by atoms with van der Waals surface area (Å²) in [4.78, 5) is 27.8. The van der Waals surface area contributed by atoms with Gasteiger partial charge in [-0.05, 0) is 85.2 Å². The Labute approximate surface area is 296 Å². The van der Waals surface area contributed by atoms with Gasteiger partial charge in [0.25, 0.3) is 0 Å². The molecule has 1 amide bonds. The fourth-order valence-electron chi connectivity index (χ4n) is 7.19. The maximum absolute atomic E-state index is 12.9. The molecule has 7 heteroatoms. The Bertz CT molecular complexity index is 1870. The van der Waals surface area contributed by atoms with Crippen LogP contribution in [0.5, 0.6) is 5.75 Å². The van der Waals surface area contributed by atoms with Crippen molar-refractivity contribution in [3.05, 3.63) is 150 Å². The molecule has 1 aliphatic rings. The van der Waals surface area contributed by atoms with Gasteiger partial charge < -0.3 is 19.9 Å². The lowest BCUT2D eigenvalue weighted by molar-refractivity contribution is -0.139. The Morgan fingerprint density at radius 2 is 1.32 bits per heavy atom. The number of alkyl carbamates (subject to hydrolysis) is 1. The van der Waals surface area contributed by atoms with E-state index in [1.807, 2.05) is 61.5 Å². The molecule has 6 nitrogen and oxygen atoms in total. The van der Waals surface area contributed by atoms with E-state index in [4.69, 9.17) is 9.47 Å². The van der Waals surface area contributed by atoms with Crippen LogP contribution in [0.2, 0.25) is 0 Å². The van der Waals surface area contributed by atoms with Gasteiger partial charge in [0.05, 0.1) is 6.61 Å². The number of hydrogen-bond donors (Lipinski definition) is 2. The largest absolute Gasteiger partial charge is 0.492 e. The molecule has 0 radical (unpaired) electrons. The first-order valence-corrected chi connectivity index (χ1v) is 18.9. The van der Waals surface area contributed by atoms with Gasteiger partial charge >= 0.3 is 12.1 Å². The Hall–Kier alpha value is -5.01. The fraction of sp³-hybridized carbons (Fsp3) is 0.256. The van der Waals surface area contributed by atoms with Gasteiger partial charge in [-0.2, -0.15) is 10.0 Å². The van der Waals surface area contributed by atoms with E-state index in [-0.39, 0.29) is 23.7 Å². The standard InChI is InChI=1S/C43H45NO5S/c1-30-27-31(23-24-40(30)48-25-26-50(43(2,3)4,32-15-7-5-8-16-32)33-17-9-6-10-18-33)28-39(41(45)46)44-42(47)49-29-38-36-21-13-11-19-34(36)35-20-12-14-22-37(35)38/h5-24,27,38-39H,25-26,28-29H2,1-4H3,(H,44,47)(H,45,46)/t39-/m0/s1. The van der Waals surface area contributed by atoms with E-state index in [0.29, 0.717) is 6.61 Å². The van der Waals surface area contributed by atoms with Gasteiger partial charge in [0, 0.05) is 18.1 Å². The van der Waals surface area contributed by atoms with Crippen molar-refractivity contribution < 1.29 is 24.2 Å². The summed E-state index contributed by atoms with van der Waals surface area (Å²) in [5.41, 5.74) is 6.14. The monoisotopic (exact) mass is 687 g/mol. The van der Waals surface area contributed by atoms with Gasteiger partial charge in [0.1, 0.15) is 18.4 Å². The topological polar surface area (TPSA) is 84.9 Å². The smallest absolute Gasteiger partial charge is 0.407 e. The molecule has 6 rings (SSSR count). The van der Waals surface area contributed by atoms with E-state index in [2.05, 4.69) is 98.9 Å². The highest BCUT2D eigenvalue weighted by Crippen LogP contribution is 2.70. The SMILES string of the molecule is Cc1cc(C[C@H](NC(=O)OCC2c3ccccc3-c3ccccc32)C(=O)O)ccc1OCCS(c1ccccc1)(c1ccccc1)C(C)(C)C. The van der Waals surface area contributed by atoms with E-state index in [9.17, 15) is 14.7 Å². The van der Waals surface area contributed by atoms with E-state index in [1.54, 1.807) is 0 Å². The summed E-state index contributed by atoms with van der Waals surface area (Å²) in [6.45, 7) is 9.56. The van der Waals surface area contributed by atoms with Crippen LogP contribution in [0.1, 0.15) is 48.9 Å². The number of aliphatic carboxylic acids is 1.